The lowest BCUT2D eigenvalue weighted by atomic mass is 10.4. The summed E-state index contributed by atoms with van der Waals surface area (Å²) in [7, 11) is 0. The van der Waals surface area contributed by atoms with Crippen LogP contribution in [0, 0.1) is 0 Å². The molecule has 0 saturated carbocycles. The minimum absolute atomic E-state index is 0.120. The second kappa shape index (κ2) is 8.45. The van der Waals surface area contributed by atoms with Crippen LogP contribution in [0.2, 0.25) is 0 Å². The van der Waals surface area contributed by atoms with Gasteiger partial charge in [0.05, 0.1) is 0 Å². The van der Waals surface area contributed by atoms with Gasteiger partial charge in [0.1, 0.15) is 12.7 Å². The molecule has 0 aromatic carbocycles. The smallest absolute Gasteiger partial charge is 0.331 e. The predicted octanol–water partition coefficient (Wildman–Crippen LogP) is -0.257. The van der Waals surface area contributed by atoms with Crippen molar-refractivity contribution in [1.82, 2.24) is 0 Å². The normalized spacial score (nSPS) is 20.2. The Morgan fingerprint density at radius 2 is 1.63 bits per heavy atom. The van der Waals surface area contributed by atoms with Gasteiger partial charge in [0.15, 0.2) is 0 Å². The first-order chi connectivity index (χ1) is 8.81. The lowest BCUT2D eigenvalue weighted by Crippen LogP contribution is -2.23. The predicted molar refractivity (Wildman–Crippen MR) is 60.1 cm³/mol. The van der Waals surface area contributed by atoms with Crippen LogP contribution in [0.25, 0.3) is 0 Å². The van der Waals surface area contributed by atoms with Gasteiger partial charge in [0, 0.05) is 24.3 Å². The van der Waals surface area contributed by atoms with Crippen molar-refractivity contribution in [2.45, 2.75) is 13.0 Å². The molecular formula is C11H12O8. The highest BCUT2D eigenvalue weighted by molar-refractivity contribution is 5.92. The molecule has 1 aliphatic heterocycles. The molecule has 0 aliphatic carbocycles. The van der Waals surface area contributed by atoms with Crippen molar-refractivity contribution in [1.29, 1.82) is 0 Å². The van der Waals surface area contributed by atoms with Crippen molar-refractivity contribution >= 4 is 23.9 Å². The summed E-state index contributed by atoms with van der Waals surface area (Å²) in [5.41, 5.74) is 0. The number of esters is 2. The Morgan fingerprint density at radius 1 is 1.16 bits per heavy atom. The Hall–Kier alpha value is -2.64. The van der Waals surface area contributed by atoms with E-state index < -0.39 is 23.9 Å². The highest BCUT2D eigenvalue weighted by atomic mass is 16.6. The zero-order valence-electron chi connectivity index (χ0n) is 9.94. The van der Waals surface area contributed by atoms with E-state index in [1.165, 1.54) is 0 Å². The maximum atomic E-state index is 10.7. The topological polar surface area (TPSA) is 127 Å². The van der Waals surface area contributed by atoms with E-state index in [2.05, 4.69) is 4.74 Å². The third-order valence-corrected chi connectivity index (χ3v) is 1.50. The van der Waals surface area contributed by atoms with Crippen LogP contribution < -0.4 is 0 Å². The molecule has 1 unspecified atom stereocenters. The van der Waals surface area contributed by atoms with E-state index >= 15 is 0 Å². The number of cyclic esters (lactones) is 2. The first-order valence-corrected chi connectivity index (χ1v) is 5.00. The summed E-state index contributed by atoms with van der Waals surface area (Å²) in [6.45, 7) is 1.78. The number of carboxylic acid groups (broad SMARTS) is 2. The number of aliphatic carboxylic acids is 2. The van der Waals surface area contributed by atoms with Gasteiger partial charge in [-0.15, -0.1) is 0 Å². The molecule has 1 aliphatic rings. The van der Waals surface area contributed by atoms with Gasteiger partial charge in [-0.25, -0.2) is 19.2 Å². The van der Waals surface area contributed by atoms with Gasteiger partial charge in [-0.2, -0.15) is 0 Å². The molecule has 1 rings (SSSR count). The van der Waals surface area contributed by atoms with Crippen LogP contribution >= 0.6 is 0 Å². The van der Waals surface area contributed by atoms with E-state index in [9.17, 15) is 19.2 Å². The van der Waals surface area contributed by atoms with Crippen molar-refractivity contribution in [2.75, 3.05) is 6.61 Å². The van der Waals surface area contributed by atoms with Crippen LogP contribution in [-0.4, -0.2) is 46.8 Å². The third-order valence-electron chi connectivity index (χ3n) is 1.50. The lowest BCUT2D eigenvalue weighted by molar-refractivity contribution is -0.153. The van der Waals surface area contributed by atoms with Gasteiger partial charge < -0.3 is 19.7 Å². The molecule has 19 heavy (non-hydrogen) atoms. The van der Waals surface area contributed by atoms with Crippen LogP contribution in [0.4, 0.5) is 0 Å². The number of ether oxygens (including phenoxy) is 2. The van der Waals surface area contributed by atoms with E-state index in [1.807, 2.05) is 0 Å². The minimum atomic E-state index is -1.26. The van der Waals surface area contributed by atoms with Gasteiger partial charge in [-0.1, -0.05) is 0 Å². The quantitative estimate of drug-likeness (QED) is 0.520. The number of hydrogen-bond donors (Lipinski definition) is 2. The molecule has 0 aromatic heterocycles. The largest absolute Gasteiger partial charge is 0.478 e. The van der Waals surface area contributed by atoms with Crippen LogP contribution in [0.1, 0.15) is 6.92 Å². The van der Waals surface area contributed by atoms with Gasteiger partial charge in [0.25, 0.3) is 0 Å². The Kier molecular flexibility index (Phi) is 7.28. The molecule has 0 bridgehead atoms. The summed E-state index contributed by atoms with van der Waals surface area (Å²) in [4.78, 5) is 40.4. The average molecular weight is 272 g/mol. The van der Waals surface area contributed by atoms with E-state index in [4.69, 9.17) is 14.9 Å². The number of rotatable bonds is 2. The molecule has 0 fully saturated rings. The second-order valence-electron chi connectivity index (χ2n) is 3.22. The zero-order valence-corrected chi connectivity index (χ0v) is 9.94. The van der Waals surface area contributed by atoms with Crippen molar-refractivity contribution in [2.24, 2.45) is 0 Å². The van der Waals surface area contributed by atoms with Crippen LogP contribution in [-0.2, 0) is 28.7 Å². The van der Waals surface area contributed by atoms with Crippen LogP contribution in [0.15, 0.2) is 24.3 Å². The monoisotopic (exact) mass is 272 g/mol. The number of carbonyl (C=O) groups is 4. The van der Waals surface area contributed by atoms with Crippen LogP contribution in [0.3, 0.4) is 0 Å². The molecule has 8 nitrogen and oxygen atoms in total. The van der Waals surface area contributed by atoms with Gasteiger partial charge in [0.2, 0.25) is 0 Å². The highest BCUT2D eigenvalue weighted by Crippen LogP contribution is 1.98. The lowest BCUT2D eigenvalue weighted by Gasteiger charge is -2.13. The zero-order chi connectivity index (χ0) is 14.8. The average Bonchev–Trinajstić information content (AvgIpc) is 2.30. The van der Waals surface area contributed by atoms with Gasteiger partial charge in [-0.05, 0) is 6.92 Å². The van der Waals surface area contributed by atoms with Crippen molar-refractivity contribution < 1.29 is 38.9 Å². The van der Waals surface area contributed by atoms with Crippen LogP contribution in [0.5, 0.6) is 0 Å². The molecule has 0 spiro atoms. The molecule has 1 atom stereocenters. The maximum absolute atomic E-state index is 10.7. The summed E-state index contributed by atoms with van der Waals surface area (Å²) in [5.74, 6) is -3.53. The Balaban J connectivity index is 0.000000362. The minimum Gasteiger partial charge on any atom is -0.478 e. The second-order valence-corrected chi connectivity index (χ2v) is 3.22. The maximum Gasteiger partial charge on any atom is 0.331 e. The standard InChI is InChI=1S/C7H8O4.C4H4O4/c1-5-4-10-6(8)2-3-7(9)11-5;5-3(6)1-2-4(7)8/h2-3,5H,4H2,1H3;1-2H,(H,5,6)(H,7,8)/b3-2-;2-1+. The third kappa shape index (κ3) is 10.2. The molecule has 1 heterocycles. The van der Waals surface area contributed by atoms with Crippen molar-refractivity contribution in [3.05, 3.63) is 24.3 Å². The molecule has 0 amide bonds. The highest BCUT2D eigenvalue weighted by Gasteiger charge is 2.12. The summed E-state index contributed by atoms with van der Waals surface area (Å²) in [5, 5.41) is 15.6. The van der Waals surface area contributed by atoms with Crippen molar-refractivity contribution in [3.63, 3.8) is 0 Å². The molecule has 8 heteroatoms. The van der Waals surface area contributed by atoms with E-state index in [1.54, 1.807) is 6.92 Å². The van der Waals surface area contributed by atoms with E-state index in [-0.39, 0.29) is 12.7 Å². The summed E-state index contributed by atoms with van der Waals surface area (Å²) < 4.78 is 9.38. The number of carboxylic acids is 2. The number of carbonyl (C=O) groups excluding carboxylic acids is 2. The first-order valence-electron chi connectivity index (χ1n) is 5.00. The molecule has 0 radical (unpaired) electrons. The van der Waals surface area contributed by atoms with E-state index in [0.29, 0.717) is 12.2 Å². The fourth-order valence-corrected chi connectivity index (χ4v) is 0.798. The number of hydrogen-bond acceptors (Lipinski definition) is 6. The van der Waals surface area contributed by atoms with Gasteiger partial charge in [-0.3, -0.25) is 0 Å². The summed E-state index contributed by atoms with van der Waals surface area (Å²) >= 11 is 0. The fraction of sp³-hybridized carbons (Fsp3) is 0.273. The molecule has 0 saturated heterocycles. The Labute approximate surface area is 107 Å². The molecular weight excluding hydrogens is 260 g/mol. The molecule has 2 N–H and O–H groups in total. The first kappa shape index (κ1) is 16.4. The molecule has 104 valence electrons. The van der Waals surface area contributed by atoms with E-state index in [0.717, 1.165) is 12.2 Å². The fourth-order valence-electron chi connectivity index (χ4n) is 0.798. The Bertz CT molecular complexity index is 404. The van der Waals surface area contributed by atoms with Crippen molar-refractivity contribution in [3.8, 4) is 0 Å². The summed E-state index contributed by atoms with van der Waals surface area (Å²) in [6.07, 6.45) is 2.85. The summed E-state index contributed by atoms with van der Waals surface area (Å²) in [6, 6.07) is 0. The molecule has 0 aromatic rings. The Morgan fingerprint density at radius 3 is 2.11 bits per heavy atom. The SMILES string of the molecule is CC1COC(=O)/C=C\C(=O)O1.O=C(O)/C=C/C(=O)O. The van der Waals surface area contributed by atoms with Gasteiger partial charge >= 0.3 is 23.9 Å².